The highest BCUT2D eigenvalue weighted by Crippen LogP contribution is 2.19. The lowest BCUT2D eigenvalue weighted by Crippen LogP contribution is -2.22. The Morgan fingerprint density at radius 3 is 2.61 bits per heavy atom. The first-order chi connectivity index (χ1) is 15.2. The predicted octanol–water partition coefficient (Wildman–Crippen LogP) is 4.94. The van der Waals surface area contributed by atoms with Crippen LogP contribution in [0.15, 0.2) is 82.5 Å². The van der Waals surface area contributed by atoms with E-state index in [2.05, 4.69) is 36.2 Å². The molecular formula is C25H20N2O2S2. The van der Waals surface area contributed by atoms with Crippen molar-refractivity contribution in [2.24, 2.45) is 0 Å². The Morgan fingerprint density at radius 1 is 1.03 bits per heavy atom. The average Bonchev–Trinajstić information content (AvgIpc) is 3.30. The minimum atomic E-state index is -0.0258. The SMILES string of the molecule is Cc1ccc(SCCOc2ccc(/C=c3\sc4nc5ccccc5n4c3=O)cc2)cc1. The molecule has 0 unspecified atom stereocenters. The van der Waals surface area contributed by atoms with E-state index in [0.717, 1.165) is 33.1 Å². The van der Waals surface area contributed by atoms with Gasteiger partial charge in [0.1, 0.15) is 5.75 Å². The Balaban J connectivity index is 1.26. The van der Waals surface area contributed by atoms with E-state index in [0.29, 0.717) is 11.1 Å². The maximum Gasteiger partial charge on any atom is 0.274 e. The van der Waals surface area contributed by atoms with Crippen LogP contribution in [-0.4, -0.2) is 21.7 Å². The van der Waals surface area contributed by atoms with Crippen molar-refractivity contribution in [1.82, 2.24) is 9.38 Å². The zero-order valence-electron chi connectivity index (χ0n) is 16.9. The van der Waals surface area contributed by atoms with Gasteiger partial charge in [0.2, 0.25) is 0 Å². The molecule has 6 heteroatoms. The second kappa shape index (κ2) is 8.57. The molecule has 0 N–H and O–H groups in total. The highest BCUT2D eigenvalue weighted by molar-refractivity contribution is 7.99. The van der Waals surface area contributed by atoms with Crippen LogP contribution in [-0.2, 0) is 0 Å². The third-order valence-electron chi connectivity index (χ3n) is 4.96. The topological polar surface area (TPSA) is 43.6 Å². The predicted molar refractivity (Wildman–Crippen MR) is 129 cm³/mol. The number of rotatable bonds is 6. The molecule has 0 bridgehead atoms. The van der Waals surface area contributed by atoms with Crippen LogP contribution in [0.4, 0.5) is 0 Å². The Hall–Kier alpha value is -3.09. The van der Waals surface area contributed by atoms with Gasteiger partial charge >= 0.3 is 0 Å². The Bertz CT molecular complexity index is 1450. The molecule has 0 amide bonds. The maximum absolute atomic E-state index is 12.9. The summed E-state index contributed by atoms with van der Waals surface area (Å²) in [5, 5.41) is 0. The molecule has 0 aliphatic carbocycles. The van der Waals surface area contributed by atoms with E-state index in [9.17, 15) is 4.79 Å². The van der Waals surface area contributed by atoms with Crippen molar-refractivity contribution in [3.63, 3.8) is 0 Å². The third-order valence-corrected chi connectivity index (χ3v) is 6.91. The van der Waals surface area contributed by atoms with Crippen LogP contribution in [0.5, 0.6) is 5.75 Å². The van der Waals surface area contributed by atoms with Crippen molar-refractivity contribution in [1.29, 1.82) is 0 Å². The van der Waals surface area contributed by atoms with Gasteiger partial charge < -0.3 is 4.74 Å². The Kier molecular flexibility index (Phi) is 5.49. The monoisotopic (exact) mass is 444 g/mol. The van der Waals surface area contributed by atoms with Crippen LogP contribution in [0, 0.1) is 6.92 Å². The van der Waals surface area contributed by atoms with E-state index in [1.807, 2.05) is 54.6 Å². The molecule has 154 valence electrons. The van der Waals surface area contributed by atoms with E-state index >= 15 is 0 Å². The second-order valence-electron chi connectivity index (χ2n) is 7.21. The molecule has 0 radical (unpaired) electrons. The molecular weight excluding hydrogens is 424 g/mol. The smallest absolute Gasteiger partial charge is 0.274 e. The number of thioether (sulfide) groups is 1. The summed E-state index contributed by atoms with van der Waals surface area (Å²) >= 11 is 3.20. The maximum atomic E-state index is 12.9. The first kappa shape index (κ1) is 19.8. The summed E-state index contributed by atoms with van der Waals surface area (Å²) < 4.78 is 8.22. The molecule has 4 nitrogen and oxygen atoms in total. The zero-order chi connectivity index (χ0) is 21.2. The van der Waals surface area contributed by atoms with Crippen LogP contribution in [0.25, 0.3) is 22.1 Å². The first-order valence-corrected chi connectivity index (χ1v) is 11.8. The van der Waals surface area contributed by atoms with Crippen LogP contribution in [0.2, 0.25) is 0 Å². The van der Waals surface area contributed by atoms with E-state index in [1.54, 1.807) is 16.2 Å². The van der Waals surface area contributed by atoms with Crippen LogP contribution in [0.3, 0.4) is 0 Å². The van der Waals surface area contributed by atoms with Crippen molar-refractivity contribution < 1.29 is 4.74 Å². The minimum absolute atomic E-state index is 0.0258. The van der Waals surface area contributed by atoms with E-state index < -0.39 is 0 Å². The molecule has 3 aromatic carbocycles. The largest absolute Gasteiger partial charge is 0.493 e. The van der Waals surface area contributed by atoms with Crippen molar-refractivity contribution in [3.05, 3.63) is 98.8 Å². The molecule has 31 heavy (non-hydrogen) atoms. The van der Waals surface area contributed by atoms with Crippen molar-refractivity contribution in [3.8, 4) is 5.75 Å². The molecule has 5 rings (SSSR count). The van der Waals surface area contributed by atoms with Gasteiger partial charge in [-0.15, -0.1) is 11.8 Å². The third kappa shape index (κ3) is 4.22. The van der Waals surface area contributed by atoms with Gasteiger partial charge in [0.15, 0.2) is 4.96 Å². The van der Waals surface area contributed by atoms with E-state index in [-0.39, 0.29) is 5.56 Å². The summed E-state index contributed by atoms with van der Waals surface area (Å²) in [5.74, 6) is 1.72. The lowest BCUT2D eigenvalue weighted by molar-refractivity contribution is 0.344. The van der Waals surface area contributed by atoms with Crippen LogP contribution >= 0.6 is 23.1 Å². The van der Waals surface area contributed by atoms with E-state index in [1.165, 1.54) is 21.8 Å². The molecule has 2 aromatic heterocycles. The molecule has 0 spiro atoms. The molecule has 0 saturated carbocycles. The normalized spacial score (nSPS) is 12.1. The van der Waals surface area contributed by atoms with Crippen molar-refractivity contribution >= 4 is 45.2 Å². The number of hydrogen-bond acceptors (Lipinski definition) is 5. The lowest BCUT2D eigenvalue weighted by atomic mass is 10.2. The Labute approximate surface area is 187 Å². The van der Waals surface area contributed by atoms with Crippen molar-refractivity contribution in [2.45, 2.75) is 11.8 Å². The summed E-state index contributed by atoms with van der Waals surface area (Å²) in [6, 6.07) is 24.1. The Morgan fingerprint density at radius 2 is 1.81 bits per heavy atom. The van der Waals surface area contributed by atoms with Gasteiger partial charge in [0.25, 0.3) is 5.56 Å². The molecule has 0 aliphatic rings. The summed E-state index contributed by atoms with van der Waals surface area (Å²) in [5.41, 5.74) is 3.91. The molecule has 0 aliphatic heterocycles. The number of aromatic nitrogens is 2. The fourth-order valence-electron chi connectivity index (χ4n) is 3.38. The first-order valence-electron chi connectivity index (χ1n) is 10.0. The summed E-state index contributed by atoms with van der Waals surface area (Å²) in [4.78, 5) is 19.4. The molecule has 0 atom stereocenters. The highest BCUT2D eigenvalue weighted by atomic mass is 32.2. The fraction of sp³-hybridized carbons (Fsp3) is 0.120. The number of nitrogens with zero attached hydrogens (tertiary/aromatic N) is 2. The van der Waals surface area contributed by atoms with Gasteiger partial charge in [-0.1, -0.05) is 53.3 Å². The van der Waals surface area contributed by atoms with Crippen LogP contribution in [0.1, 0.15) is 11.1 Å². The van der Waals surface area contributed by atoms with Crippen molar-refractivity contribution in [2.75, 3.05) is 12.4 Å². The molecule has 5 aromatic rings. The average molecular weight is 445 g/mol. The molecule has 0 saturated heterocycles. The number of fused-ring (bicyclic) bond motifs is 3. The van der Waals surface area contributed by atoms with Gasteiger partial charge in [-0.25, -0.2) is 9.38 Å². The minimum Gasteiger partial charge on any atom is -0.493 e. The number of aryl methyl sites for hydroxylation is 1. The number of ether oxygens (including phenoxy) is 1. The fourth-order valence-corrected chi connectivity index (χ4v) is 5.09. The van der Waals surface area contributed by atoms with E-state index in [4.69, 9.17) is 4.74 Å². The van der Waals surface area contributed by atoms with Gasteiger partial charge in [-0.3, -0.25) is 4.79 Å². The standard InChI is InChI=1S/C25H20N2O2S2/c1-17-6-12-20(13-7-17)30-15-14-29-19-10-8-18(9-11-19)16-23-24(28)27-22-5-3-2-4-21(22)26-25(27)31-23/h2-13,16H,14-15H2,1H3/b23-16-. The van der Waals surface area contributed by atoms with Gasteiger partial charge in [0, 0.05) is 10.6 Å². The quantitative estimate of drug-likeness (QED) is 0.275. The van der Waals surface area contributed by atoms with Crippen LogP contribution < -0.4 is 14.8 Å². The molecule has 0 fully saturated rings. The van der Waals surface area contributed by atoms with Gasteiger partial charge in [-0.05, 0) is 55.0 Å². The van der Waals surface area contributed by atoms with Gasteiger partial charge in [-0.2, -0.15) is 0 Å². The summed E-state index contributed by atoms with van der Waals surface area (Å²) in [6.45, 7) is 2.73. The van der Waals surface area contributed by atoms with Gasteiger partial charge in [0.05, 0.1) is 22.2 Å². The number of para-hydroxylation sites is 2. The highest BCUT2D eigenvalue weighted by Gasteiger charge is 2.10. The number of hydrogen-bond donors (Lipinski definition) is 0. The number of thiazole rings is 1. The number of imidazole rings is 1. The zero-order valence-corrected chi connectivity index (χ0v) is 18.6. The summed E-state index contributed by atoms with van der Waals surface area (Å²) in [7, 11) is 0. The lowest BCUT2D eigenvalue weighted by Gasteiger charge is -2.06. The molecule has 2 heterocycles. The second-order valence-corrected chi connectivity index (χ2v) is 9.39. The summed E-state index contributed by atoms with van der Waals surface area (Å²) in [6.07, 6.45) is 1.91. The number of benzene rings is 3.